The second-order valence-electron chi connectivity index (χ2n) is 7.75. The number of likely N-dealkylation sites (tertiary alicyclic amines) is 1. The third-order valence-electron chi connectivity index (χ3n) is 5.85. The molecule has 1 aliphatic rings. The normalized spacial score (nSPS) is 15.1. The minimum Gasteiger partial charge on any atom is -0.497 e. The van der Waals surface area contributed by atoms with Crippen LogP contribution >= 0.6 is 0 Å². The summed E-state index contributed by atoms with van der Waals surface area (Å²) in [6, 6.07) is 14.4. The Morgan fingerprint density at radius 2 is 1.97 bits per heavy atom. The van der Waals surface area contributed by atoms with Crippen LogP contribution in [-0.2, 0) is 0 Å². The molecule has 0 unspecified atom stereocenters. The number of aromatic nitrogens is 2. The number of carbonyl (C=O) groups excluding carboxylic acids is 1. The van der Waals surface area contributed by atoms with E-state index in [-0.39, 0.29) is 17.8 Å². The Morgan fingerprint density at radius 1 is 1.19 bits per heavy atom. The Bertz CT molecular complexity index is 1060. The molecule has 7 heteroatoms. The first-order valence-corrected chi connectivity index (χ1v) is 10.5. The molecule has 0 bridgehead atoms. The minimum absolute atomic E-state index is 0.0588. The van der Waals surface area contributed by atoms with Crippen LogP contribution in [0, 0.1) is 12.7 Å². The molecule has 4 rings (SSSR count). The molecule has 2 heterocycles. The van der Waals surface area contributed by atoms with Crippen molar-refractivity contribution in [1.82, 2.24) is 20.0 Å². The molecule has 1 atom stereocenters. The zero-order chi connectivity index (χ0) is 21.8. The number of amides is 1. The summed E-state index contributed by atoms with van der Waals surface area (Å²) in [6.45, 7) is 4.24. The van der Waals surface area contributed by atoms with E-state index in [1.807, 2.05) is 18.2 Å². The molecule has 3 aromatic rings. The van der Waals surface area contributed by atoms with Gasteiger partial charge in [0.2, 0.25) is 0 Å². The fourth-order valence-corrected chi connectivity index (χ4v) is 4.14. The van der Waals surface area contributed by atoms with E-state index in [9.17, 15) is 9.18 Å². The first-order chi connectivity index (χ1) is 15.1. The number of rotatable bonds is 7. The van der Waals surface area contributed by atoms with E-state index in [4.69, 9.17) is 4.74 Å². The smallest absolute Gasteiger partial charge is 0.254 e. The first kappa shape index (κ1) is 21.1. The molecule has 0 radical (unpaired) electrons. The molecule has 1 aromatic heterocycles. The van der Waals surface area contributed by atoms with Gasteiger partial charge in [-0.3, -0.25) is 9.69 Å². The van der Waals surface area contributed by atoms with E-state index < -0.39 is 0 Å². The Kier molecular flexibility index (Phi) is 6.32. The third-order valence-corrected chi connectivity index (χ3v) is 5.85. The van der Waals surface area contributed by atoms with Gasteiger partial charge in [0.1, 0.15) is 17.3 Å². The topological polar surface area (TPSA) is 59.4 Å². The molecule has 2 aromatic carbocycles. The van der Waals surface area contributed by atoms with Crippen molar-refractivity contribution in [2.24, 2.45) is 0 Å². The van der Waals surface area contributed by atoms with Crippen molar-refractivity contribution >= 4 is 5.91 Å². The van der Waals surface area contributed by atoms with Gasteiger partial charge < -0.3 is 10.1 Å². The predicted octanol–water partition coefficient (Wildman–Crippen LogP) is 3.90. The summed E-state index contributed by atoms with van der Waals surface area (Å²) < 4.78 is 21.0. The Hall–Kier alpha value is -3.19. The lowest BCUT2D eigenvalue weighted by Gasteiger charge is -2.28. The molecular formula is C24H27FN4O2. The van der Waals surface area contributed by atoms with Crippen LogP contribution in [0.3, 0.4) is 0 Å². The minimum atomic E-state index is -0.382. The van der Waals surface area contributed by atoms with Crippen molar-refractivity contribution in [3.63, 3.8) is 0 Å². The Morgan fingerprint density at radius 3 is 2.71 bits per heavy atom. The van der Waals surface area contributed by atoms with Crippen molar-refractivity contribution in [3.8, 4) is 11.4 Å². The van der Waals surface area contributed by atoms with Gasteiger partial charge in [-0.25, -0.2) is 9.07 Å². The van der Waals surface area contributed by atoms with Crippen LogP contribution in [0.4, 0.5) is 4.39 Å². The van der Waals surface area contributed by atoms with Gasteiger partial charge in [0.05, 0.1) is 30.6 Å². The largest absolute Gasteiger partial charge is 0.497 e. The number of benzene rings is 2. The van der Waals surface area contributed by atoms with Gasteiger partial charge in [-0.15, -0.1) is 0 Å². The number of methoxy groups -OCH3 is 1. The molecule has 1 amide bonds. The SMILES string of the molecule is COc1cccc([C@@H](CNC(=O)c2cnn(-c3ccccc3F)c2C)N2CCCC2)c1. The van der Waals surface area contributed by atoms with Crippen LogP contribution < -0.4 is 10.1 Å². The Labute approximate surface area is 181 Å². The quantitative estimate of drug-likeness (QED) is 0.628. The molecule has 1 fully saturated rings. The third kappa shape index (κ3) is 4.46. The van der Waals surface area contributed by atoms with E-state index in [0.717, 1.165) is 37.2 Å². The molecule has 1 saturated heterocycles. The van der Waals surface area contributed by atoms with Crippen LogP contribution in [-0.4, -0.2) is 47.3 Å². The van der Waals surface area contributed by atoms with Gasteiger partial charge in [-0.05, 0) is 62.7 Å². The number of nitrogens with zero attached hydrogens (tertiary/aromatic N) is 3. The molecule has 31 heavy (non-hydrogen) atoms. The Balaban J connectivity index is 1.52. The second kappa shape index (κ2) is 9.31. The van der Waals surface area contributed by atoms with Crippen LogP contribution in [0.5, 0.6) is 5.75 Å². The maximum atomic E-state index is 14.2. The average molecular weight is 423 g/mol. The number of para-hydroxylation sites is 1. The van der Waals surface area contributed by atoms with Crippen LogP contribution in [0.25, 0.3) is 5.69 Å². The highest BCUT2D eigenvalue weighted by molar-refractivity contribution is 5.95. The lowest BCUT2D eigenvalue weighted by molar-refractivity contribution is 0.0937. The summed E-state index contributed by atoms with van der Waals surface area (Å²) in [7, 11) is 1.65. The summed E-state index contributed by atoms with van der Waals surface area (Å²) in [5.74, 6) is 0.204. The highest BCUT2D eigenvalue weighted by Gasteiger charge is 2.25. The first-order valence-electron chi connectivity index (χ1n) is 10.5. The van der Waals surface area contributed by atoms with Gasteiger partial charge >= 0.3 is 0 Å². The highest BCUT2D eigenvalue weighted by Crippen LogP contribution is 2.27. The van der Waals surface area contributed by atoms with E-state index in [0.29, 0.717) is 23.5 Å². The van der Waals surface area contributed by atoms with Crippen molar-refractivity contribution in [2.45, 2.75) is 25.8 Å². The van der Waals surface area contributed by atoms with Crippen molar-refractivity contribution in [2.75, 3.05) is 26.7 Å². The lowest BCUT2D eigenvalue weighted by atomic mass is 10.0. The fraction of sp³-hybridized carbons (Fsp3) is 0.333. The summed E-state index contributed by atoms with van der Waals surface area (Å²) in [4.78, 5) is 15.4. The molecule has 0 spiro atoms. The molecule has 1 N–H and O–H groups in total. The lowest BCUT2D eigenvalue weighted by Crippen LogP contribution is -2.37. The summed E-state index contributed by atoms with van der Waals surface area (Å²) in [5.41, 5.74) is 2.47. The van der Waals surface area contributed by atoms with Crippen LogP contribution in [0.1, 0.15) is 40.5 Å². The average Bonchev–Trinajstić information content (AvgIpc) is 3.45. The number of nitrogens with one attached hydrogen (secondary N) is 1. The fourth-order valence-electron chi connectivity index (χ4n) is 4.14. The number of carbonyl (C=O) groups is 1. The summed E-state index contributed by atoms with van der Waals surface area (Å²) >= 11 is 0. The zero-order valence-corrected chi connectivity index (χ0v) is 17.8. The van der Waals surface area contributed by atoms with Gasteiger partial charge in [0.15, 0.2) is 0 Å². The van der Waals surface area contributed by atoms with E-state index >= 15 is 0 Å². The van der Waals surface area contributed by atoms with E-state index in [2.05, 4.69) is 21.4 Å². The van der Waals surface area contributed by atoms with E-state index in [1.54, 1.807) is 32.2 Å². The maximum Gasteiger partial charge on any atom is 0.254 e. The molecule has 0 saturated carbocycles. The number of ether oxygens (including phenoxy) is 1. The maximum absolute atomic E-state index is 14.2. The number of halogens is 1. The van der Waals surface area contributed by atoms with Gasteiger partial charge in [0, 0.05) is 6.54 Å². The van der Waals surface area contributed by atoms with Crippen molar-refractivity contribution in [3.05, 3.63) is 77.4 Å². The van der Waals surface area contributed by atoms with Gasteiger partial charge in [0.25, 0.3) is 5.91 Å². The number of hydrogen-bond acceptors (Lipinski definition) is 4. The highest BCUT2D eigenvalue weighted by atomic mass is 19.1. The number of hydrogen-bond donors (Lipinski definition) is 1. The van der Waals surface area contributed by atoms with Gasteiger partial charge in [-0.2, -0.15) is 5.10 Å². The monoisotopic (exact) mass is 422 g/mol. The van der Waals surface area contributed by atoms with Gasteiger partial charge in [-0.1, -0.05) is 24.3 Å². The van der Waals surface area contributed by atoms with Crippen molar-refractivity contribution < 1.29 is 13.9 Å². The standard InChI is InChI=1S/C24H27FN4O2/c1-17-20(15-27-29(17)22-11-4-3-10-21(22)25)24(30)26-16-23(28-12-5-6-13-28)18-8-7-9-19(14-18)31-2/h3-4,7-11,14-15,23H,5-6,12-13,16H2,1-2H3,(H,26,30)/t23-/m1/s1. The molecule has 0 aliphatic carbocycles. The predicted molar refractivity (Wildman–Crippen MR) is 117 cm³/mol. The van der Waals surface area contributed by atoms with Crippen molar-refractivity contribution in [1.29, 1.82) is 0 Å². The molecule has 6 nitrogen and oxygen atoms in total. The van der Waals surface area contributed by atoms with Crippen LogP contribution in [0.2, 0.25) is 0 Å². The summed E-state index contributed by atoms with van der Waals surface area (Å²) in [5, 5.41) is 7.31. The van der Waals surface area contributed by atoms with E-state index in [1.165, 1.54) is 16.9 Å². The van der Waals surface area contributed by atoms with Crippen LogP contribution in [0.15, 0.2) is 54.7 Å². The second-order valence-corrected chi connectivity index (χ2v) is 7.75. The molecule has 1 aliphatic heterocycles. The molecule has 162 valence electrons. The summed E-state index contributed by atoms with van der Waals surface area (Å²) in [6.07, 6.45) is 3.80. The molecular weight excluding hydrogens is 395 g/mol. The zero-order valence-electron chi connectivity index (χ0n) is 17.8.